The second-order valence-electron chi connectivity index (χ2n) is 6.58. The Kier molecular flexibility index (Phi) is 3.67. The van der Waals surface area contributed by atoms with E-state index in [1.807, 2.05) is 0 Å². The molecule has 0 spiro atoms. The van der Waals surface area contributed by atoms with Crippen LogP contribution in [0.3, 0.4) is 0 Å². The maximum Gasteiger partial charge on any atom is 0.136 e. The summed E-state index contributed by atoms with van der Waals surface area (Å²) in [5, 5.41) is 3.53. The lowest BCUT2D eigenvalue weighted by Crippen LogP contribution is -2.25. The molecule has 0 radical (unpaired) electrons. The molecule has 0 aliphatic heterocycles. The van der Waals surface area contributed by atoms with Gasteiger partial charge in [-0.05, 0) is 49.1 Å². The van der Waals surface area contributed by atoms with Crippen molar-refractivity contribution in [3.63, 3.8) is 0 Å². The van der Waals surface area contributed by atoms with Crippen molar-refractivity contribution in [2.75, 3.05) is 11.9 Å². The minimum Gasteiger partial charge on any atom is -0.389 e. The van der Waals surface area contributed by atoms with Crippen LogP contribution in [0.5, 0.6) is 0 Å². The fraction of sp³-hybridized carbons (Fsp3) is 0.625. The van der Waals surface area contributed by atoms with E-state index in [-0.39, 0.29) is 0 Å². The molecule has 108 valence electrons. The fourth-order valence-electron chi connectivity index (χ4n) is 3.50. The van der Waals surface area contributed by atoms with Crippen molar-refractivity contribution in [3.05, 3.63) is 22.9 Å². The number of nitrogens with one attached hydrogen (secondary N) is 1. The molecule has 4 heteroatoms. The SMILES string of the molecule is CC1(CNc2nc3c(cc2C(N)=S)CCC3)CCCC1. The molecule has 1 aromatic rings. The second-order valence-corrected chi connectivity index (χ2v) is 7.02. The summed E-state index contributed by atoms with van der Waals surface area (Å²) in [7, 11) is 0. The molecule has 1 saturated carbocycles. The van der Waals surface area contributed by atoms with E-state index in [2.05, 4.69) is 18.3 Å². The van der Waals surface area contributed by atoms with Crippen LogP contribution in [0.25, 0.3) is 0 Å². The van der Waals surface area contributed by atoms with E-state index in [0.717, 1.165) is 30.8 Å². The Labute approximate surface area is 126 Å². The highest BCUT2D eigenvalue weighted by Crippen LogP contribution is 2.37. The molecule has 0 amide bonds. The molecule has 3 N–H and O–H groups in total. The van der Waals surface area contributed by atoms with Gasteiger partial charge in [-0.2, -0.15) is 0 Å². The molecule has 1 fully saturated rings. The first-order valence-corrected chi connectivity index (χ1v) is 8.05. The third-order valence-electron chi connectivity index (χ3n) is 4.81. The Morgan fingerprint density at radius 2 is 2.10 bits per heavy atom. The van der Waals surface area contributed by atoms with Crippen molar-refractivity contribution >= 4 is 23.0 Å². The Bertz CT molecular complexity index is 533. The molecule has 1 aromatic heterocycles. The van der Waals surface area contributed by atoms with Gasteiger partial charge in [-0.1, -0.05) is 32.0 Å². The minimum absolute atomic E-state index is 0.397. The lowest BCUT2D eigenvalue weighted by Gasteiger charge is -2.25. The van der Waals surface area contributed by atoms with Gasteiger partial charge in [-0.15, -0.1) is 0 Å². The number of nitrogens with two attached hydrogens (primary N) is 1. The van der Waals surface area contributed by atoms with Crippen LogP contribution in [0.2, 0.25) is 0 Å². The maximum absolute atomic E-state index is 5.88. The summed E-state index contributed by atoms with van der Waals surface area (Å²) >= 11 is 5.20. The van der Waals surface area contributed by atoms with Gasteiger partial charge in [0, 0.05) is 12.2 Å². The highest BCUT2D eigenvalue weighted by Gasteiger charge is 2.29. The highest BCUT2D eigenvalue weighted by atomic mass is 32.1. The zero-order valence-corrected chi connectivity index (χ0v) is 13.0. The number of rotatable bonds is 4. The molecule has 20 heavy (non-hydrogen) atoms. The van der Waals surface area contributed by atoms with E-state index < -0.39 is 0 Å². The van der Waals surface area contributed by atoms with Crippen LogP contribution in [0.1, 0.15) is 55.8 Å². The van der Waals surface area contributed by atoms with E-state index >= 15 is 0 Å². The number of thiocarbonyl (C=S) groups is 1. The Balaban J connectivity index is 1.82. The highest BCUT2D eigenvalue weighted by molar-refractivity contribution is 7.80. The van der Waals surface area contributed by atoms with E-state index in [1.54, 1.807) is 0 Å². The van der Waals surface area contributed by atoms with Crippen LogP contribution in [-0.4, -0.2) is 16.5 Å². The van der Waals surface area contributed by atoms with Gasteiger partial charge in [0.25, 0.3) is 0 Å². The Morgan fingerprint density at radius 1 is 1.35 bits per heavy atom. The molecule has 3 rings (SSSR count). The van der Waals surface area contributed by atoms with Gasteiger partial charge in [0.1, 0.15) is 10.8 Å². The van der Waals surface area contributed by atoms with Gasteiger partial charge in [0.15, 0.2) is 0 Å². The Morgan fingerprint density at radius 3 is 2.80 bits per heavy atom. The first-order chi connectivity index (χ1) is 9.57. The van der Waals surface area contributed by atoms with Gasteiger partial charge in [-0.3, -0.25) is 0 Å². The molecule has 2 aliphatic carbocycles. The van der Waals surface area contributed by atoms with Crippen LogP contribution in [0.4, 0.5) is 5.82 Å². The number of hydrogen-bond donors (Lipinski definition) is 2. The summed E-state index contributed by atoms with van der Waals surface area (Å²) in [6, 6.07) is 2.15. The van der Waals surface area contributed by atoms with Gasteiger partial charge in [0.05, 0.1) is 5.56 Å². The molecular formula is C16H23N3S. The van der Waals surface area contributed by atoms with Crippen molar-refractivity contribution in [2.24, 2.45) is 11.1 Å². The lowest BCUT2D eigenvalue weighted by atomic mass is 9.89. The van der Waals surface area contributed by atoms with Crippen molar-refractivity contribution in [2.45, 2.75) is 51.9 Å². The predicted molar refractivity (Wildman–Crippen MR) is 87.2 cm³/mol. The second kappa shape index (κ2) is 5.32. The molecule has 0 aromatic carbocycles. The predicted octanol–water partition coefficient (Wildman–Crippen LogP) is 3.20. The van der Waals surface area contributed by atoms with E-state index in [1.165, 1.54) is 43.4 Å². The molecule has 0 unspecified atom stereocenters. The summed E-state index contributed by atoms with van der Waals surface area (Å²) in [6.45, 7) is 3.33. The van der Waals surface area contributed by atoms with Crippen molar-refractivity contribution in [3.8, 4) is 0 Å². The molecule has 0 atom stereocenters. The quantitative estimate of drug-likeness (QED) is 0.836. The van der Waals surface area contributed by atoms with Gasteiger partial charge < -0.3 is 11.1 Å². The third-order valence-corrected chi connectivity index (χ3v) is 5.03. The van der Waals surface area contributed by atoms with Crippen molar-refractivity contribution in [1.82, 2.24) is 4.98 Å². The standard InChI is InChI=1S/C16H23N3S/c1-16(7-2-3-8-16)10-18-15-12(14(17)20)9-11-5-4-6-13(11)19-15/h9H,2-8,10H2,1H3,(H2,17,20)(H,18,19). The Hall–Kier alpha value is -1.16. The van der Waals surface area contributed by atoms with Crippen LogP contribution >= 0.6 is 12.2 Å². The lowest BCUT2D eigenvalue weighted by molar-refractivity contribution is 0.361. The van der Waals surface area contributed by atoms with Crippen molar-refractivity contribution in [1.29, 1.82) is 0 Å². The first kappa shape index (κ1) is 13.8. The van der Waals surface area contributed by atoms with E-state index in [0.29, 0.717) is 10.4 Å². The molecule has 0 saturated heterocycles. The number of anilines is 1. The number of nitrogens with zero attached hydrogens (tertiary/aromatic N) is 1. The average molecular weight is 289 g/mol. The minimum atomic E-state index is 0.397. The molecule has 3 nitrogen and oxygen atoms in total. The van der Waals surface area contributed by atoms with Crippen LogP contribution < -0.4 is 11.1 Å². The summed E-state index contributed by atoms with van der Waals surface area (Å²) < 4.78 is 0. The zero-order valence-electron chi connectivity index (χ0n) is 12.2. The monoisotopic (exact) mass is 289 g/mol. The number of aromatic nitrogens is 1. The fourth-order valence-corrected chi connectivity index (χ4v) is 3.65. The van der Waals surface area contributed by atoms with Gasteiger partial charge in [0.2, 0.25) is 0 Å². The number of pyridine rings is 1. The maximum atomic E-state index is 5.88. The van der Waals surface area contributed by atoms with E-state index in [4.69, 9.17) is 22.9 Å². The summed E-state index contributed by atoms with van der Waals surface area (Å²) in [5.74, 6) is 0.895. The topological polar surface area (TPSA) is 50.9 Å². The first-order valence-electron chi connectivity index (χ1n) is 7.64. The molecule has 0 bridgehead atoms. The van der Waals surface area contributed by atoms with E-state index in [9.17, 15) is 0 Å². The summed E-state index contributed by atoms with van der Waals surface area (Å²) in [5.41, 5.74) is 9.74. The summed E-state index contributed by atoms with van der Waals surface area (Å²) in [6.07, 6.45) is 8.67. The number of aryl methyl sites for hydroxylation is 2. The van der Waals surface area contributed by atoms with Gasteiger partial charge >= 0.3 is 0 Å². The zero-order chi connectivity index (χ0) is 14.2. The van der Waals surface area contributed by atoms with Crippen LogP contribution in [0.15, 0.2) is 6.07 Å². The molecule has 1 heterocycles. The average Bonchev–Trinajstić information content (AvgIpc) is 3.04. The molecular weight excluding hydrogens is 266 g/mol. The molecule has 2 aliphatic rings. The smallest absolute Gasteiger partial charge is 0.136 e. The summed E-state index contributed by atoms with van der Waals surface area (Å²) in [4.78, 5) is 5.24. The number of fused-ring (bicyclic) bond motifs is 1. The number of hydrogen-bond acceptors (Lipinski definition) is 3. The normalized spacial score (nSPS) is 19.9. The third kappa shape index (κ3) is 2.66. The largest absolute Gasteiger partial charge is 0.389 e. The van der Waals surface area contributed by atoms with Crippen molar-refractivity contribution < 1.29 is 0 Å². The van der Waals surface area contributed by atoms with Gasteiger partial charge in [-0.25, -0.2) is 4.98 Å². The van der Waals surface area contributed by atoms with Crippen LogP contribution in [-0.2, 0) is 12.8 Å². The van der Waals surface area contributed by atoms with Crippen LogP contribution in [0, 0.1) is 5.41 Å².